The number of hydrogen-bond donors (Lipinski definition) is 2. The molecule has 0 aromatic carbocycles. The van der Waals surface area contributed by atoms with Crippen LogP contribution < -0.4 is 5.32 Å². The van der Waals surface area contributed by atoms with E-state index in [0.717, 1.165) is 28.6 Å². The molecule has 2 N–H and O–H groups in total. The quantitative estimate of drug-likeness (QED) is 0.844. The first-order valence-electron chi connectivity index (χ1n) is 7.54. The number of hydrogen-bond acceptors (Lipinski definition) is 4. The van der Waals surface area contributed by atoms with Crippen LogP contribution in [-0.4, -0.2) is 22.1 Å². The second kappa shape index (κ2) is 5.72. The summed E-state index contributed by atoms with van der Waals surface area (Å²) in [6.07, 6.45) is 6.32. The Bertz CT molecular complexity index is 488. The lowest BCUT2D eigenvalue weighted by molar-refractivity contribution is -0.136. The summed E-state index contributed by atoms with van der Waals surface area (Å²) >= 11 is 1.59. The van der Waals surface area contributed by atoms with Crippen molar-refractivity contribution in [2.24, 2.45) is 17.8 Å². The maximum Gasteiger partial charge on any atom is 0.303 e. The van der Waals surface area contributed by atoms with Crippen molar-refractivity contribution in [2.45, 2.75) is 51.5 Å². The summed E-state index contributed by atoms with van der Waals surface area (Å²) in [4.78, 5) is 15.1. The number of carbonyl (C=O) groups is 1. The van der Waals surface area contributed by atoms with Crippen LogP contribution in [0.2, 0.25) is 0 Å². The maximum atomic E-state index is 10.6. The number of rotatable bonds is 6. The fourth-order valence-corrected chi connectivity index (χ4v) is 4.77. The van der Waals surface area contributed by atoms with Crippen molar-refractivity contribution in [1.29, 1.82) is 0 Å². The summed E-state index contributed by atoms with van der Waals surface area (Å²) in [5.41, 5.74) is 0.889. The molecule has 2 saturated carbocycles. The van der Waals surface area contributed by atoms with Crippen LogP contribution >= 0.6 is 11.3 Å². The number of carboxylic acid groups (broad SMARTS) is 1. The number of aliphatic carboxylic acids is 1. The van der Waals surface area contributed by atoms with Gasteiger partial charge in [-0.05, 0) is 43.9 Å². The van der Waals surface area contributed by atoms with E-state index in [2.05, 4.69) is 17.2 Å². The minimum absolute atomic E-state index is 0.158. The summed E-state index contributed by atoms with van der Waals surface area (Å²) in [5.74, 6) is 1.91. The first-order valence-corrected chi connectivity index (χ1v) is 8.42. The van der Waals surface area contributed by atoms with Gasteiger partial charge in [0.2, 0.25) is 0 Å². The summed E-state index contributed by atoms with van der Waals surface area (Å²) in [7, 11) is 0. The Morgan fingerprint density at radius 3 is 3.05 bits per heavy atom. The van der Waals surface area contributed by atoms with Crippen LogP contribution in [-0.2, 0) is 11.2 Å². The molecule has 0 amide bonds. The molecule has 4 nitrogen and oxygen atoms in total. The number of aromatic nitrogens is 1. The van der Waals surface area contributed by atoms with Gasteiger partial charge in [-0.2, -0.15) is 0 Å². The van der Waals surface area contributed by atoms with Gasteiger partial charge in [0.25, 0.3) is 0 Å². The van der Waals surface area contributed by atoms with Crippen molar-refractivity contribution in [3.8, 4) is 0 Å². The molecule has 110 valence electrons. The predicted octanol–water partition coefficient (Wildman–Crippen LogP) is 3.40. The Hall–Kier alpha value is -1.10. The van der Waals surface area contributed by atoms with Crippen LogP contribution in [0.5, 0.6) is 0 Å². The molecular formula is C15H22N2O2S. The largest absolute Gasteiger partial charge is 0.481 e. The van der Waals surface area contributed by atoms with Crippen molar-refractivity contribution in [3.63, 3.8) is 0 Å². The molecule has 2 fully saturated rings. The Kier molecular flexibility index (Phi) is 3.96. The smallest absolute Gasteiger partial charge is 0.303 e. The molecule has 1 aromatic rings. The van der Waals surface area contributed by atoms with Gasteiger partial charge >= 0.3 is 5.97 Å². The van der Waals surface area contributed by atoms with Gasteiger partial charge in [0.1, 0.15) is 0 Å². The predicted molar refractivity (Wildman–Crippen MR) is 80.1 cm³/mol. The molecule has 0 radical (unpaired) electrons. The lowest BCUT2D eigenvalue weighted by Gasteiger charge is -2.28. The maximum absolute atomic E-state index is 10.6. The van der Waals surface area contributed by atoms with E-state index in [4.69, 9.17) is 5.11 Å². The fourth-order valence-electron chi connectivity index (χ4n) is 3.93. The molecule has 0 saturated heterocycles. The Balaban J connectivity index is 1.53. The van der Waals surface area contributed by atoms with E-state index in [1.807, 2.05) is 5.38 Å². The monoisotopic (exact) mass is 294 g/mol. The lowest BCUT2D eigenvalue weighted by Crippen LogP contribution is -2.29. The van der Waals surface area contributed by atoms with E-state index < -0.39 is 5.97 Å². The molecule has 3 rings (SSSR count). The van der Waals surface area contributed by atoms with Crippen LogP contribution in [0.4, 0.5) is 5.13 Å². The number of anilines is 1. The minimum Gasteiger partial charge on any atom is -0.481 e. The second-order valence-corrected chi connectivity index (χ2v) is 7.17. The average Bonchev–Trinajstić information content (AvgIpc) is 3.12. The zero-order valence-electron chi connectivity index (χ0n) is 11.8. The van der Waals surface area contributed by atoms with Crippen LogP contribution in [0, 0.1) is 17.8 Å². The molecule has 2 bridgehead atoms. The topological polar surface area (TPSA) is 62.2 Å². The summed E-state index contributed by atoms with van der Waals surface area (Å²) in [6, 6.07) is 0.476. The van der Waals surface area contributed by atoms with Gasteiger partial charge < -0.3 is 10.4 Å². The van der Waals surface area contributed by atoms with Crippen LogP contribution in [0.25, 0.3) is 0 Å². The van der Waals surface area contributed by atoms with E-state index in [1.165, 1.54) is 25.7 Å². The van der Waals surface area contributed by atoms with E-state index >= 15 is 0 Å². The fraction of sp³-hybridized carbons (Fsp3) is 0.733. The zero-order chi connectivity index (χ0) is 14.1. The highest BCUT2D eigenvalue weighted by atomic mass is 32.1. The van der Waals surface area contributed by atoms with Gasteiger partial charge in [0.05, 0.1) is 12.1 Å². The lowest BCUT2D eigenvalue weighted by atomic mass is 9.84. The molecule has 2 aliphatic carbocycles. The van der Waals surface area contributed by atoms with Crippen molar-refractivity contribution in [1.82, 2.24) is 4.98 Å². The highest BCUT2D eigenvalue weighted by Gasteiger charge is 2.41. The molecule has 1 heterocycles. The van der Waals surface area contributed by atoms with Gasteiger partial charge in [-0.25, -0.2) is 4.98 Å². The molecule has 0 aliphatic heterocycles. The SMILES string of the molecule is CC(Nc1nc(CCC(=O)O)cs1)C1CC2CCC1C2. The molecule has 0 spiro atoms. The first kappa shape index (κ1) is 13.9. The highest BCUT2D eigenvalue weighted by molar-refractivity contribution is 7.13. The number of fused-ring (bicyclic) bond motifs is 2. The van der Waals surface area contributed by atoms with Gasteiger partial charge in [0, 0.05) is 17.8 Å². The molecule has 4 unspecified atom stereocenters. The minimum atomic E-state index is -0.761. The summed E-state index contributed by atoms with van der Waals surface area (Å²) in [6.45, 7) is 2.27. The molecule has 2 aliphatic rings. The van der Waals surface area contributed by atoms with Gasteiger partial charge in [-0.1, -0.05) is 6.42 Å². The Morgan fingerprint density at radius 1 is 1.55 bits per heavy atom. The Labute approximate surface area is 123 Å². The van der Waals surface area contributed by atoms with Gasteiger partial charge in [-0.3, -0.25) is 4.79 Å². The second-order valence-electron chi connectivity index (χ2n) is 6.31. The molecule has 4 atom stereocenters. The van der Waals surface area contributed by atoms with E-state index in [-0.39, 0.29) is 6.42 Å². The van der Waals surface area contributed by atoms with Crippen molar-refractivity contribution >= 4 is 22.4 Å². The van der Waals surface area contributed by atoms with E-state index in [9.17, 15) is 4.79 Å². The Morgan fingerprint density at radius 2 is 2.40 bits per heavy atom. The third-order valence-corrected chi connectivity index (χ3v) is 5.76. The molecule has 5 heteroatoms. The van der Waals surface area contributed by atoms with Crippen molar-refractivity contribution in [3.05, 3.63) is 11.1 Å². The number of carboxylic acids is 1. The molecular weight excluding hydrogens is 272 g/mol. The summed E-state index contributed by atoms with van der Waals surface area (Å²) < 4.78 is 0. The standard InChI is InChI=1S/C15H22N2O2S/c1-9(13-7-10-2-3-11(13)6-10)16-15-17-12(8-20-15)4-5-14(18)19/h8-11,13H,2-7H2,1H3,(H,16,17)(H,18,19). The van der Waals surface area contributed by atoms with Gasteiger partial charge in [-0.15, -0.1) is 11.3 Å². The van der Waals surface area contributed by atoms with E-state index in [1.54, 1.807) is 11.3 Å². The van der Waals surface area contributed by atoms with Crippen LogP contribution in [0.15, 0.2) is 5.38 Å². The third kappa shape index (κ3) is 2.97. The average molecular weight is 294 g/mol. The number of nitrogens with one attached hydrogen (secondary N) is 1. The normalized spacial score (nSPS) is 29.6. The third-order valence-electron chi connectivity index (χ3n) is 4.93. The van der Waals surface area contributed by atoms with E-state index in [0.29, 0.717) is 12.5 Å². The zero-order valence-corrected chi connectivity index (χ0v) is 12.7. The number of aryl methyl sites for hydroxylation is 1. The van der Waals surface area contributed by atoms with Crippen LogP contribution in [0.1, 0.15) is 44.7 Å². The summed E-state index contributed by atoms with van der Waals surface area (Å²) in [5, 5.41) is 15.1. The first-order chi connectivity index (χ1) is 9.61. The molecule has 20 heavy (non-hydrogen) atoms. The number of thiazole rings is 1. The highest BCUT2D eigenvalue weighted by Crippen LogP contribution is 2.49. The number of nitrogens with zero attached hydrogens (tertiary/aromatic N) is 1. The van der Waals surface area contributed by atoms with Crippen LogP contribution in [0.3, 0.4) is 0 Å². The van der Waals surface area contributed by atoms with Crippen molar-refractivity contribution in [2.75, 3.05) is 5.32 Å². The van der Waals surface area contributed by atoms with Gasteiger partial charge in [0.15, 0.2) is 5.13 Å². The van der Waals surface area contributed by atoms with Crippen molar-refractivity contribution < 1.29 is 9.90 Å². The molecule has 1 aromatic heterocycles.